The fourth-order valence-corrected chi connectivity index (χ4v) is 4.00. The second-order valence-corrected chi connectivity index (χ2v) is 10.5. The van der Waals surface area contributed by atoms with Gasteiger partial charge in [-0.2, -0.15) is 0 Å². The molecule has 210 valence electrons. The second kappa shape index (κ2) is 12.2. The molecule has 4 rings (SSSR count). The number of carbonyl (C=O) groups excluding carboxylic acids is 3. The number of ether oxygens (including phenoxy) is 1. The topological polar surface area (TPSA) is 130 Å². The molecular weight excluding hydrogens is 541 g/mol. The lowest BCUT2D eigenvalue weighted by Gasteiger charge is -2.26. The molecule has 1 aliphatic heterocycles. The number of halogens is 2. The van der Waals surface area contributed by atoms with E-state index >= 15 is 0 Å². The van der Waals surface area contributed by atoms with Gasteiger partial charge >= 0.3 is 6.09 Å². The Balaban J connectivity index is 1.41. The molecule has 0 atom stereocenters. The maximum Gasteiger partial charge on any atom is 0.410 e. The van der Waals surface area contributed by atoms with Gasteiger partial charge in [-0.3, -0.25) is 9.59 Å². The molecule has 3 heterocycles. The van der Waals surface area contributed by atoms with E-state index in [9.17, 15) is 18.8 Å². The molecule has 3 amide bonds. The number of hydrogen-bond acceptors (Lipinski definition) is 8. The number of rotatable bonds is 5. The van der Waals surface area contributed by atoms with Crippen LogP contribution in [0.2, 0.25) is 5.02 Å². The number of carbonyl (C=O) groups is 3. The minimum absolute atomic E-state index is 0.00371. The first-order valence-electron chi connectivity index (χ1n) is 12.6. The van der Waals surface area contributed by atoms with E-state index in [4.69, 9.17) is 16.3 Å². The number of benzene rings is 1. The highest BCUT2D eigenvalue weighted by Crippen LogP contribution is 2.21. The third-order valence-electron chi connectivity index (χ3n) is 5.79. The molecule has 3 aromatic rings. The smallest absolute Gasteiger partial charge is 0.410 e. The summed E-state index contributed by atoms with van der Waals surface area (Å²) in [4.78, 5) is 54.4. The standard InChI is InChI=1S/C27H29ClFN7O4/c1-27(2,3)40-26(39)36-10-4-9-35(11-12-36)23-16-30-21(15-32-23)25(38)33-20-7-6-18(29)13-19(20)24(37)34-22-8-5-17(28)14-31-22/h5-8,13-16H,4,9-12H2,1-3H3,(H,33,38)(H,31,34,37). The Hall–Kier alpha value is -4.32. The number of amides is 3. The summed E-state index contributed by atoms with van der Waals surface area (Å²) in [6, 6.07) is 6.46. The molecule has 0 unspecified atom stereocenters. The molecule has 2 aromatic heterocycles. The molecule has 1 saturated heterocycles. The van der Waals surface area contributed by atoms with Gasteiger partial charge in [-0.05, 0) is 57.5 Å². The Morgan fingerprint density at radius 2 is 1.73 bits per heavy atom. The summed E-state index contributed by atoms with van der Waals surface area (Å²) in [5, 5.41) is 5.53. The van der Waals surface area contributed by atoms with Crippen LogP contribution in [-0.2, 0) is 4.74 Å². The number of hydrogen-bond donors (Lipinski definition) is 2. The van der Waals surface area contributed by atoms with E-state index in [0.717, 1.165) is 12.1 Å². The van der Waals surface area contributed by atoms with Crippen molar-refractivity contribution in [1.29, 1.82) is 0 Å². The monoisotopic (exact) mass is 569 g/mol. The molecule has 40 heavy (non-hydrogen) atoms. The predicted octanol–water partition coefficient (Wildman–Crippen LogP) is 4.62. The van der Waals surface area contributed by atoms with Crippen molar-refractivity contribution in [2.24, 2.45) is 0 Å². The highest BCUT2D eigenvalue weighted by atomic mass is 35.5. The quantitative estimate of drug-likeness (QED) is 0.455. The van der Waals surface area contributed by atoms with Gasteiger partial charge in [-0.15, -0.1) is 0 Å². The highest BCUT2D eigenvalue weighted by molar-refractivity contribution is 6.30. The normalized spacial score (nSPS) is 13.8. The summed E-state index contributed by atoms with van der Waals surface area (Å²) >= 11 is 5.82. The van der Waals surface area contributed by atoms with Crippen molar-refractivity contribution in [3.63, 3.8) is 0 Å². The second-order valence-electron chi connectivity index (χ2n) is 10.0. The molecule has 0 saturated carbocycles. The van der Waals surface area contributed by atoms with Crippen LogP contribution in [0, 0.1) is 5.82 Å². The van der Waals surface area contributed by atoms with Gasteiger partial charge in [0, 0.05) is 32.4 Å². The number of nitrogens with one attached hydrogen (secondary N) is 2. The van der Waals surface area contributed by atoms with Gasteiger partial charge < -0.3 is 25.2 Å². The zero-order valence-electron chi connectivity index (χ0n) is 22.3. The van der Waals surface area contributed by atoms with Crippen LogP contribution in [0.3, 0.4) is 0 Å². The molecule has 13 heteroatoms. The molecule has 0 aliphatic carbocycles. The lowest BCUT2D eigenvalue weighted by Crippen LogP contribution is -2.39. The van der Waals surface area contributed by atoms with Crippen LogP contribution in [-0.4, -0.2) is 69.5 Å². The summed E-state index contributed by atoms with van der Waals surface area (Å²) < 4.78 is 19.4. The van der Waals surface area contributed by atoms with Gasteiger partial charge in [-0.1, -0.05) is 11.6 Å². The maximum absolute atomic E-state index is 14.0. The Morgan fingerprint density at radius 1 is 0.925 bits per heavy atom. The third kappa shape index (κ3) is 7.63. The molecule has 1 fully saturated rings. The van der Waals surface area contributed by atoms with Crippen molar-refractivity contribution in [2.75, 3.05) is 41.7 Å². The fourth-order valence-electron chi connectivity index (χ4n) is 3.89. The number of anilines is 3. The van der Waals surface area contributed by atoms with Gasteiger partial charge in [0.25, 0.3) is 11.8 Å². The van der Waals surface area contributed by atoms with Crippen LogP contribution in [0.1, 0.15) is 48.0 Å². The molecule has 1 aromatic carbocycles. The Labute approximate surface area is 235 Å². The molecular formula is C27H29ClFN7O4. The number of nitrogens with zero attached hydrogens (tertiary/aromatic N) is 5. The van der Waals surface area contributed by atoms with Crippen molar-refractivity contribution in [1.82, 2.24) is 19.9 Å². The van der Waals surface area contributed by atoms with Gasteiger partial charge in [-0.25, -0.2) is 24.1 Å². The molecule has 0 spiro atoms. The van der Waals surface area contributed by atoms with Crippen LogP contribution < -0.4 is 15.5 Å². The van der Waals surface area contributed by atoms with E-state index in [0.29, 0.717) is 43.4 Å². The third-order valence-corrected chi connectivity index (χ3v) is 6.01. The zero-order valence-corrected chi connectivity index (χ0v) is 23.0. The summed E-state index contributed by atoms with van der Waals surface area (Å²) in [7, 11) is 0. The van der Waals surface area contributed by atoms with Gasteiger partial charge in [0.1, 0.15) is 28.7 Å². The van der Waals surface area contributed by atoms with E-state index in [1.807, 2.05) is 25.7 Å². The lowest BCUT2D eigenvalue weighted by molar-refractivity contribution is 0.0263. The Kier molecular flexibility index (Phi) is 8.78. The predicted molar refractivity (Wildman–Crippen MR) is 148 cm³/mol. The summed E-state index contributed by atoms with van der Waals surface area (Å²) in [6.45, 7) is 7.67. The van der Waals surface area contributed by atoms with Crippen molar-refractivity contribution in [2.45, 2.75) is 32.8 Å². The highest BCUT2D eigenvalue weighted by Gasteiger charge is 2.25. The number of pyridine rings is 1. The largest absolute Gasteiger partial charge is 0.444 e. The van der Waals surface area contributed by atoms with Gasteiger partial charge in [0.2, 0.25) is 0 Å². The molecule has 2 N–H and O–H groups in total. The van der Waals surface area contributed by atoms with Crippen LogP contribution in [0.4, 0.5) is 26.5 Å². The lowest BCUT2D eigenvalue weighted by atomic mass is 10.1. The minimum Gasteiger partial charge on any atom is -0.444 e. The zero-order chi connectivity index (χ0) is 28.9. The molecule has 1 aliphatic rings. The Morgan fingerprint density at radius 3 is 2.40 bits per heavy atom. The number of aromatic nitrogens is 3. The van der Waals surface area contributed by atoms with Crippen LogP contribution >= 0.6 is 11.6 Å². The van der Waals surface area contributed by atoms with E-state index in [1.54, 1.807) is 11.0 Å². The van der Waals surface area contributed by atoms with Crippen molar-refractivity contribution >= 4 is 46.8 Å². The SMILES string of the molecule is CC(C)(C)OC(=O)N1CCCN(c2cnc(C(=O)Nc3ccc(F)cc3C(=O)Nc3ccc(Cl)cn3)cn2)CC1. The van der Waals surface area contributed by atoms with Crippen LogP contribution in [0.5, 0.6) is 0 Å². The molecule has 0 bridgehead atoms. The summed E-state index contributed by atoms with van der Waals surface area (Å²) in [5.41, 5.74) is -0.589. The van der Waals surface area contributed by atoms with Crippen molar-refractivity contribution < 1.29 is 23.5 Å². The average molecular weight is 570 g/mol. The molecule has 11 nitrogen and oxygen atoms in total. The van der Waals surface area contributed by atoms with Crippen LogP contribution in [0.15, 0.2) is 48.9 Å². The van der Waals surface area contributed by atoms with E-state index in [-0.39, 0.29) is 28.9 Å². The van der Waals surface area contributed by atoms with E-state index in [1.165, 1.54) is 30.7 Å². The summed E-state index contributed by atoms with van der Waals surface area (Å²) in [6.07, 6.45) is 4.51. The van der Waals surface area contributed by atoms with Crippen molar-refractivity contribution in [3.05, 3.63) is 71.0 Å². The van der Waals surface area contributed by atoms with Crippen LogP contribution in [0.25, 0.3) is 0 Å². The fraction of sp³-hybridized carbons (Fsp3) is 0.333. The van der Waals surface area contributed by atoms with E-state index in [2.05, 4.69) is 25.6 Å². The van der Waals surface area contributed by atoms with Gasteiger partial charge in [0.05, 0.1) is 28.7 Å². The average Bonchev–Trinajstić information content (AvgIpc) is 3.17. The van der Waals surface area contributed by atoms with Gasteiger partial charge in [0.15, 0.2) is 0 Å². The molecule has 0 radical (unpaired) electrons. The first kappa shape index (κ1) is 28.7. The first-order valence-corrected chi connectivity index (χ1v) is 12.9. The van der Waals surface area contributed by atoms with E-state index < -0.39 is 23.2 Å². The van der Waals surface area contributed by atoms with Crippen molar-refractivity contribution in [3.8, 4) is 0 Å². The maximum atomic E-state index is 14.0. The minimum atomic E-state index is -0.673. The summed E-state index contributed by atoms with van der Waals surface area (Å²) in [5.74, 6) is -1.19. The Bertz CT molecular complexity index is 1380. The first-order chi connectivity index (χ1) is 19.0.